The van der Waals surface area contributed by atoms with Crippen molar-refractivity contribution in [1.82, 2.24) is 0 Å². The molecule has 0 aliphatic heterocycles. The fourth-order valence-corrected chi connectivity index (χ4v) is 2.54. The molecule has 0 fully saturated rings. The normalized spacial score (nSPS) is 11.8. The van der Waals surface area contributed by atoms with E-state index in [9.17, 15) is 9.59 Å². The number of ether oxygens (including phenoxy) is 2. The highest BCUT2D eigenvalue weighted by atomic mass is 16.5. The summed E-state index contributed by atoms with van der Waals surface area (Å²) in [6.45, 7) is 8.48. The third-order valence-corrected chi connectivity index (χ3v) is 4.32. The third kappa shape index (κ3) is 20.4. The molecule has 29 heavy (non-hydrogen) atoms. The first-order valence-corrected chi connectivity index (χ1v) is 10.9. The second-order valence-corrected chi connectivity index (χ2v) is 7.48. The second-order valence-electron chi connectivity index (χ2n) is 7.48. The lowest BCUT2D eigenvalue weighted by Crippen LogP contribution is -2.08. The highest BCUT2D eigenvalue weighted by Gasteiger charge is 2.07. The summed E-state index contributed by atoms with van der Waals surface area (Å²) in [5, 5.41) is 0. The van der Waals surface area contributed by atoms with Gasteiger partial charge in [0.05, 0.1) is 19.1 Å². The average molecular weight is 405 g/mol. The van der Waals surface area contributed by atoms with Crippen LogP contribution in [-0.2, 0) is 19.1 Å². The second kappa shape index (κ2) is 19.2. The van der Waals surface area contributed by atoms with Crippen LogP contribution < -0.4 is 0 Å². The van der Waals surface area contributed by atoms with Gasteiger partial charge in [-0.3, -0.25) is 9.59 Å². The van der Waals surface area contributed by atoms with Gasteiger partial charge in [0.25, 0.3) is 0 Å². The van der Waals surface area contributed by atoms with Crippen LogP contribution in [0.5, 0.6) is 0 Å². The molecular weight excluding hydrogens is 364 g/mol. The molecule has 0 radical (unpaired) electrons. The van der Waals surface area contributed by atoms with Gasteiger partial charge in [-0.2, -0.15) is 0 Å². The minimum absolute atomic E-state index is 0.0391. The number of carbonyl (C=O) groups is 2. The Morgan fingerprint density at radius 2 is 1.41 bits per heavy atom. The van der Waals surface area contributed by atoms with Crippen LogP contribution >= 0.6 is 0 Å². The Bertz CT molecular complexity index is 563. The Labute approximate surface area is 177 Å². The summed E-state index contributed by atoms with van der Waals surface area (Å²) in [5.74, 6) is -0.782. The Hall–Kier alpha value is -2.10. The Balaban J connectivity index is 3.70. The molecule has 0 saturated carbocycles. The van der Waals surface area contributed by atoms with E-state index in [0.717, 1.165) is 32.1 Å². The maximum atomic E-state index is 11.7. The van der Waals surface area contributed by atoms with E-state index in [2.05, 4.69) is 32.1 Å². The lowest BCUT2D eigenvalue weighted by Gasteiger charge is -2.03. The molecule has 0 aromatic carbocycles. The largest absolute Gasteiger partial charge is 0.461 e. The van der Waals surface area contributed by atoms with Crippen molar-refractivity contribution in [2.24, 2.45) is 0 Å². The molecule has 0 aliphatic rings. The van der Waals surface area contributed by atoms with Crippen molar-refractivity contribution in [2.75, 3.05) is 6.61 Å². The summed E-state index contributed by atoms with van der Waals surface area (Å²) in [4.78, 5) is 23.3. The predicted molar refractivity (Wildman–Crippen MR) is 120 cm³/mol. The van der Waals surface area contributed by atoms with E-state index < -0.39 is 5.97 Å². The molecule has 164 valence electrons. The van der Waals surface area contributed by atoms with Gasteiger partial charge in [0.2, 0.25) is 0 Å². The summed E-state index contributed by atoms with van der Waals surface area (Å²) < 4.78 is 10.1. The first-order valence-electron chi connectivity index (χ1n) is 10.9. The van der Waals surface area contributed by atoms with E-state index in [4.69, 9.17) is 9.47 Å². The number of hydrogen-bond acceptors (Lipinski definition) is 4. The molecule has 0 amide bonds. The topological polar surface area (TPSA) is 52.6 Å². The number of rotatable bonds is 16. The van der Waals surface area contributed by atoms with Gasteiger partial charge >= 0.3 is 11.9 Å². The van der Waals surface area contributed by atoms with Crippen LogP contribution in [0.25, 0.3) is 0 Å². The van der Waals surface area contributed by atoms with Gasteiger partial charge in [0.15, 0.2) is 0 Å². The smallest absolute Gasteiger partial charge is 0.311 e. The van der Waals surface area contributed by atoms with Crippen LogP contribution in [0.15, 0.2) is 47.8 Å². The van der Waals surface area contributed by atoms with Crippen molar-refractivity contribution >= 4 is 11.9 Å². The molecule has 4 heteroatoms. The highest BCUT2D eigenvalue weighted by molar-refractivity contribution is 5.77. The molecular formula is C25H40O4. The number of esters is 2. The lowest BCUT2D eigenvalue weighted by atomic mass is 10.1. The molecule has 0 atom stereocenters. The number of unbranched alkanes of at least 4 members (excludes halogenated alkanes) is 5. The Morgan fingerprint density at radius 1 is 0.759 bits per heavy atom. The molecule has 0 heterocycles. The monoisotopic (exact) mass is 404 g/mol. The maximum absolute atomic E-state index is 11.7. The van der Waals surface area contributed by atoms with Crippen LogP contribution in [-0.4, -0.2) is 18.5 Å². The molecule has 0 bridgehead atoms. The average Bonchev–Trinajstić information content (AvgIpc) is 2.67. The molecule has 0 unspecified atom stereocenters. The first kappa shape index (κ1) is 26.9. The molecule has 0 saturated heterocycles. The Kier molecular flexibility index (Phi) is 17.8. The minimum Gasteiger partial charge on any atom is -0.461 e. The van der Waals surface area contributed by atoms with E-state index in [0.29, 0.717) is 0 Å². The number of hydrogen-bond donors (Lipinski definition) is 0. The van der Waals surface area contributed by atoms with E-state index in [1.54, 1.807) is 0 Å². The van der Waals surface area contributed by atoms with Crippen molar-refractivity contribution in [3.05, 3.63) is 47.8 Å². The fourth-order valence-electron chi connectivity index (χ4n) is 2.54. The summed E-state index contributed by atoms with van der Waals surface area (Å²) >= 11 is 0. The number of carbonyl (C=O) groups excluding carboxylic acids is 2. The van der Waals surface area contributed by atoms with E-state index in [-0.39, 0.29) is 25.4 Å². The predicted octanol–water partition coefficient (Wildman–Crippen LogP) is 6.98. The van der Waals surface area contributed by atoms with Crippen molar-refractivity contribution in [3.63, 3.8) is 0 Å². The molecule has 0 aromatic rings. The minimum atomic E-state index is -0.405. The molecule has 0 aliphatic carbocycles. The van der Waals surface area contributed by atoms with E-state index >= 15 is 0 Å². The lowest BCUT2D eigenvalue weighted by molar-refractivity contribution is -0.147. The highest BCUT2D eigenvalue weighted by Crippen LogP contribution is 2.08. The van der Waals surface area contributed by atoms with Crippen molar-refractivity contribution in [2.45, 2.75) is 91.9 Å². The first-order chi connectivity index (χ1) is 14.0. The summed E-state index contributed by atoms with van der Waals surface area (Å²) in [6, 6.07) is 0. The van der Waals surface area contributed by atoms with Gasteiger partial charge in [-0.15, -0.1) is 0 Å². The van der Waals surface area contributed by atoms with Gasteiger partial charge in [-0.25, -0.2) is 0 Å². The standard InChI is InChI=1S/C25H40O4/c1-5-6-7-8-9-10-11-12-13-20-28-24(26)17-18-25(27)29-21-19-23(4)16-14-15-22(2)3/h5-6,13,15,19-20H,7-12,14,16-18,21H2,1-4H3. The summed E-state index contributed by atoms with van der Waals surface area (Å²) in [5.41, 5.74) is 2.50. The van der Waals surface area contributed by atoms with Gasteiger partial charge in [0, 0.05) is 0 Å². The molecule has 0 aromatic heterocycles. The van der Waals surface area contributed by atoms with Crippen LogP contribution in [0.3, 0.4) is 0 Å². The zero-order chi connectivity index (χ0) is 21.7. The zero-order valence-electron chi connectivity index (χ0n) is 18.9. The fraction of sp³-hybridized carbons (Fsp3) is 0.600. The van der Waals surface area contributed by atoms with Crippen LogP contribution in [0.2, 0.25) is 0 Å². The van der Waals surface area contributed by atoms with Crippen molar-refractivity contribution in [1.29, 1.82) is 0 Å². The maximum Gasteiger partial charge on any atom is 0.311 e. The molecule has 4 nitrogen and oxygen atoms in total. The van der Waals surface area contributed by atoms with Gasteiger partial charge < -0.3 is 9.47 Å². The molecule has 0 spiro atoms. The van der Waals surface area contributed by atoms with E-state index in [1.807, 2.05) is 26.0 Å². The summed E-state index contributed by atoms with van der Waals surface area (Å²) in [7, 11) is 0. The quantitative estimate of drug-likeness (QED) is 0.121. The SMILES string of the molecule is CC=CCCCCCCC=COC(=O)CCC(=O)OCC=C(C)CCC=C(C)C. The number of allylic oxidation sites excluding steroid dienone is 6. The van der Waals surface area contributed by atoms with E-state index in [1.165, 1.54) is 36.7 Å². The van der Waals surface area contributed by atoms with Crippen molar-refractivity contribution < 1.29 is 19.1 Å². The van der Waals surface area contributed by atoms with Gasteiger partial charge in [-0.05, 0) is 78.4 Å². The molecule has 0 rings (SSSR count). The van der Waals surface area contributed by atoms with Crippen molar-refractivity contribution in [3.8, 4) is 0 Å². The van der Waals surface area contributed by atoms with Crippen LogP contribution in [0.1, 0.15) is 91.9 Å². The van der Waals surface area contributed by atoms with Crippen LogP contribution in [0.4, 0.5) is 0 Å². The van der Waals surface area contributed by atoms with Gasteiger partial charge in [-0.1, -0.05) is 42.2 Å². The summed E-state index contributed by atoms with van der Waals surface area (Å²) in [6.07, 6.45) is 20.5. The zero-order valence-corrected chi connectivity index (χ0v) is 18.9. The Morgan fingerprint density at radius 3 is 2.07 bits per heavy atom. The van der Waals surface area contributed by atoms with Crippen LogP contribution in [0, 0.1) is 0 Å². The molecule has 0 N–H and O–H groups in total. The third-order valence-electron chi connectivity index (χ3n) is 4.32. The van der Waals surface area contributed by atoms with Gasteiger partial charge in [0.1, 0.15) is 6.61 Å².